The van der Waals surface area contributed by atoms with Gasteiger partial charge in [0.1, 0.15) is 0 Å². The van der Waals surface area contributed by atoms with Crippen LogP contribution in [0.1, 0.15) is 24.4 Å². The first-order chi connectivity index (χ1) is 9.70. The van der Waals surface area contributed by atoms with E-state index in [1.807, 2.05) is 36.4 Å². The van der Waals surface area contributed by atoms with Gasteiger partial charge in [0.25, 0.3) is 0 Å². The fourth-order valence-corrected chi connectivity index (χ4v) is 3.14. The highest BCUT2D eigenvalue weighted by Crippen LogP contribution is 2.34. The molecule has 0 spiro atoms. The number of benzene rings is 2. The van der Waals surface area contributed by atoms with E-state index >= 15 is 0 Å². The SMILES string of the molecule is Cl.NCCC[C@H](N)c1ccccc1Sc1ccc(Cl)cc1. The van der Waals surface area contributed by atoms with Crippen molar-refractivity contribution in [1.82, 2.24) is 0 Å². The van der Waals surface area contributed by atoms with Crippen LogP contribution in [0, 0.1) is 0 Å². The molecule has 0 amide bonds. The van der Waals surface area contributed by atoms with Crippen LogP contribution in [-0.4, -0.2) is 6.54 Å². The molecule has 0 unspecified atom stereocenters. The van der Waals surface area contributed by atoms with Crippen molar-refractivity contribution in [3.05, 3.63) is 59.1 Å². The minimum Gasteiger partial charge on any atom is -0.330 e. The molecule has 2 rings (SSSR count). The molecule has 0 aliphatic carbocycles. The highest BCUT2D eigenvalue weighted by atomic mass is 35.5. The second-order valence-corrected chi connectivity index (χ2v) is 6.18. The third-order valence-corrected chi connectivity index (χ3v) is 4.43. The molecule has 0 saturated carbocycles. The fraction of sp³-hybridized carbons (Fsp3) is 0.250. The van der Waals surface area contributed by atoms with E-state index in [0.717, 1.165) is 22.8 Å². The maximum absolute atomic E-state index is 6.27. The number of hydrogen-bond donors (Lipinski definition) is 2. The predicted octanol–water partition coefficient (Wildman–Crippen LogP) is 4.65. The van der Waals surface area contributed by atoms with Gasteiger partial charge in [0.2, 0.25) is 0 Å². The first-order valence-electron chi connectivity index (χ1n) is 6.68. The maximum atomic E-state index is 6.27. The second-order valence-electron chi connectivity index (χ2n) is 4.63. The molecule has 0 radical (unpaired) electrons. The Kier molecular flexibility index (Phi) is 8.15. The first-order valence-corrected chi connectivity index (χ1v) is 7.88. The molecule has 4 N–H and O–H groups in total. The lowest BCUT2D eigenvalue weighted by molar-refractivity contribution is 0.610. The molecule has 0 bridgehead atoms. The summed E-state index contributed by atoms with van der Waals surface area (Å²) in [6.45, 7) is 0.681. The summed E-state index contributed by atoms with van der Waals surface area (Å²) >= 11 is 7.63. The second kappa shape index (κ2) is 9.34. The average Bonchev–Trinajstić information content (AvgIpc) is 2.48. The van der Waals surface area contributed by atoms with E-state index in [1.165, 1.54) is 10.5 Å². The van der Waals surface area contributed by atoms with Gasteiger partial charge in [-0.15, -0.1) is 12.4 Å². The lowest BCUT2D eigenvalue weighted by Crippen LogP contribution is -2.13. The van der Waals surface area contributed by atoms with E-state index in [-0.39, 0.29) is 18.4 Å². The van der Waals surface area contributed by atoms with Crippen molar-refractivity contribution in [2.24, 2.45) is 11.5 Å². The summed E-state index contributed by atoms with van der Waals surface area (Å²) in [6, 6.07) is 16.2. The van der Waals surface area contributed by atoms with Gasteiger partial charge in [0, 0.05) is 20.9 Å². The molecular formula is C16H20Cl2N2S. The Morgan fingerprint density at radius 3 is 2.38 bits per heavy atom. The van der Waals surface area contributed by atoms with Gasteiger partial charge in [-0.25, -0.2) is 0 Å². The van der Waals surface area contributed by atoms with Gasteiger partial charge < -0.3 is 11.5 Å². The molecule has 1 atom stereocenters. The zero-order chi connectivity index (χ0) is 14.4. The highest BCUT2D eigenvalue weighted by Gasteiger charge is 2.11. The zero-order valence-electron chi connectivity index (χ0n) is 11.7. The van der Waals surface area contributed by atoms with Crippen molar-refractivity contribution in [3.63, 3.8) is 0 Å². The molecular weight excluding hydrogens is 323 g/mol. The molecule has 0 aromatic heterocycles. The van der Waals surface area contributed by atoms with E-state index in [2.05, 4.69) is 12.1 Å². The Bertz CT molecular complexity index is 546. The molecule has 0 aliphatic heterocycles. The Labute approximate surface area is 141 Å². The average molecular weight is 343 g/mol. The Balaban J connectivity index is 0.00000220. The predicted molar refractivity (Wildman–Crippen MR) is 94.5 cm³/mol. The van der Waals surface area contributed by atoms with Crippen LogP contribution in [0.5, 0.6) is 0 Å². The smallest absolute Gasteiger partial charge is 0.0406 e. The van der Waals surface area contributed by atoms with E-state index < -0.39 is 0 Å². The lowest BCUT2D eigenvalue weighted by Gasteiger charge is -2.16. The van der Waals surface area contributed by atoms with E-state index in [1.54, 1.807) is 11.8 Å². The zero-order valence-corrected chi connectivity index (χ0v) is 14.1. The lowest BCUT2D eigenvalue weighted by atomic mass is 10.0. The molecule has 5 heteroatoms. The summed E-state index contributed by atoms with van der Waals surface area (Å²) < 4.78 is 0. The highest BCUT2D eigenvalue weighted by molar-refractivity contribution is 7.99. The van der Waals surface area contributed by atoms with E-state index in [4.69, 9.17) is 23.1 Å². The van der Waals surface area contributed by atoms with Gasteiger partial charge >= 0.3 is 0 Å². The Morgan fingerprint density at radius 1 is 1.05 bits per heavy atom. The minimum absolute atomic E-state index is 0. The molecule has 114 valence electrons. The van der Waals surface area contributed by atoms with Crippen molar-refractivity contribution in [2.75, 3.05) is 6.54 Å². The normalized spacial score (nSPS) is 11.8. The van der Waals surface area contributed by atoms with Gasteiger partial charge in [0.05, 0.1) is 0 Å². The van der Waals surface area contributed by atoms with Crippen LogP contribution in [0.2, 0.25) is 5.02 Å². The Hall–Kier alpha value is -0.710. The first kappa shape index (κ1) is 18.3. The topological polar surface area (TPSA) is 52.0 Å². The van der Waals surface area contributed by atoms with Crippen LogP contribution in [-0.2, 0) is 0 Å². The summed E-state index contributed by atoms with van der Waals surface area (Å²) in [5.74, 6) is 0. The molecule has 0 fully saturated rings. The van der Waals surface area contributed by atoms with E-state index in [9.17, 15) is 0 Å². The van der Waals surface area contributed by atoms with Crippen LogP contribution in [0.25, 0.3) is 0 Å². The van der Waals surface area contributed by atoms with E-state index in [0.29, 0.717) is 6.54 Å². The van der Waals surface area contributed by atoms with Crippen LogP contribution < -0.4 is 11.5 Å². The molecule has 2 aromatic carbocycles. The molecule has 0 heterocycles. The summed E-state index contributed by atoms with van der Waals surface area (Å²) in [5.41, 5.74) is 13.0. The minimum atomic E-state index is 0. The van der Waals surface area contributed by atoms with Crippen LogP contribution in [0.4, 0.5) is 0 Å². The van der Waals surface area contributed by atoms with Crippen molar-refractivity contribution >= 4 is 35.8 Å². The van der Waals surface area contributed by atoms with Crippen LogP contribution in [0.15, 0.2) is 58.3 Å². The number of halogens is 2. The third-order valence-electron chi connectivity index (χ3n) is 3.08. The van der Waals surface area contributed by atoms with Gasteiger partial charge in [-0.3, -0.25) is 0 Å². The van der Waals surface area contributed by atoms with Crippen LogP contribution in [0.3, 0.4) is 0 Å². The van der Waals surface area contributed by atoms with Crippen LogP contribution >= 0.6 is 35.8 Å². The largest absolute Gasteiger partial charge is 0.330 e. The summed E-state index contributed by atoms with van der Waals surface area (Å²) in [6.07, 6.45) is 1.86. The van der Waals surface area contributed by atoms with Crippen molar-refractivity contribution < 1.29 is 0 Å². The third kappa shape index (κ3) is 5.53. The summed E-state index contributed by atoms with van der Waals surface area (Å²) in [4.78, 5) is 2.35. The number of rotatable bonds is 6. The van der Waals surface area contributed by atoms with Crippen molar-refractivity contribution in [3.8, 4) is 0 Å². The number of hydrogen-bond acceptors (Lipinski definition) is 3. The molecule has 0 aliphatic rings. The fourth-order valence-electron chi connectivity index (χ4n) is 2.00. The number of nitrogens with two attached hydrogens (primary N) is 2. The summed E-state index contributed by atoms with van der Waals surface area (Å²) in [5, 5.41) is 0.752. The van der Waals surface area contributed by atoms with Crippen molar-refractivity contribution in [1.29, 1.82) is 0 Å². The van der Waals surface area contributed by atoms with Gasteiger partial charge in [-0.2, -0.15) is 0 Å². The molecule has 21 heavy (non-hydrogen) atoms. The quantitative estimate of drug-likeness (QED) is 0.803. The molecule has 2 aromatic rings. The molecule has 0 saturated heterocycles. The monoisotopic (exact) mass is 342 g/mol. The molecule has 2 nitrogen and oxygen atoms in total. The van der Waals surface area contributed by atoms with Crippen molar-refractivity contribution in [2.45, 2.75) is 28.7 Å². The van der Waals surface area contributed by atoms with Gasteiger partial charge in [-0.1, -0.05) is 41.6 Å². The standard InChI is InChI=1S/C16H19ClN2S.ClH/c17-12-7-9-13(10-8-12)20-16-6-2-1-4-14(16)15(19)5-3-11-18;/h1-2,4,6-10,15H,3,5,11,18-19H2;1H/t15-;/m0./s1. The van der Waals surface area contributed by atoms with Gasteiger partial charge in [-0.05, 0) is 55.3 Å². The van der Waals surface area contributed by atoms with Gasteiger partial charge in [0.15, 0.2) is 0 Å². The maximum Gasteiger partial charge on any atom is 0.0406 e. The summed E-state index contributed by atoms with van der Waals surface area (Å²) in [7, 11) is 0. The Morgan fingerprint density at radius 2 is 1.71 bits per heavy atom.